The minimum Gasteiger partial charge on any atom is -0.493 e. The highest BCUT2D eigenvalue weighted by atomic mass is 16.7. The minimum atomic E-state index is -1.63. The van der Waals surface area contributed by atoms with E-state index in [0.717, 1.165) is 5.56 Å². The largest absolute Gasteiger partial charge is 0.493 e. The average Bonchev–Trinajstić information content (AvgIpc) is 3.58. The summed E-state index contributed by atoms with van der Waals surface area (Å²) < 4.78 is 34.0. The Labute approximate surface area is 223 Å². The van der Waals surface area contributed by atoms with Crippen LogP contribution >= 0.6 is 0 Å². The summed E-state index contributed by atoms with van der Waals surface area (Å²) in [5.74, 6) is 2.17. The Balaban J connectivity index is 1.59. The molecule has 11 nitrogen and oxygen atoms in total. The minimum absolute atomic E-state index is 0.0898. The number of carbonyl (C=O) groups is 1. The molecule has 0 radical (unpaired) electrons. The zero-order valence-electron chi connectivity index (χ0n) is 21.2. The van der Waals surface area contributed by atoms with E-state index in [1.54, 1.807) is 18.2 Å². The highest BCUT2D eigenvalue weighted by molar-refractivity contribution is 6.16. The van der Waals surface area contributed by atoms with Crippen molar-refractivity contribution in [2.45, 2.75) is 43.5 Å². The van der Waals surface area contributed by atoms with E-state index in [-0.39, 0.29) is 24.7 Å². The average molecular weight is 541 g/mol. The van der Waals surface area contributed by atoms with Gasteiger partial charge in [0.25, 0.3) is 0 Å². The van der Waals surface area contributed by atoms with Crippen molar-refractivity contribution in [3.8, 4) is 39.9 Å². The van der Waals surface area contributed by atoms with E-state index in [0.29, 0.717) is 56.9 Å². The predicted octanol–water partition coefficient (Wildman–Crippen LogP) is 1.56. The SMILES string of the molecule is COc1cc2c(OC3OC(CO)C(O)C(O)C3O)c3c(c(-c4ccc5c(c4)OCO5)c2cc1OC)C(=O)CC3. The Bertz CT molecular complexity index is 1450. The summed E-state index contributed by atoms with van der Waals surface area (Å²) in [7, 11) is 3.01. The molecule has 4 N–H and O–H groups in total. The molecule has 0 spiro atoms. The van der Waals surface area contributed by atoms with Crippen LogP contribution in [-0.4, -0.2) is 84.5 Å². The molecule has 0 amide bonds. The lowest BCUT2D eigenvalue weighted by molar-refractivity contribution is -0.277. The molecule has 5 unspecified atom stereocenters. The fourth-order valence-corrected chi connectivity index (χ4v) is 5.51. The van der Waals surface area contributed by atoms with Gasteiger partial charge in [0, 0.05) is 28.5 Å². The molecule has 0 aromatic heterocycles. The standard InChI is InChI=1S/C28H28O11/c1-34-18-8-14-15(9-19(18)35-2)27(39-28-26(33)25(32)24(31)21(10-29)38-28)13-4-5-16(30)23(13)22(14)12-3-6-17-20(7-12)37-11-36-17/h3,6-9,21,24-26,28-29,31-33H,4-5,10-11H2,1-2H3. The molecule has 2 heterocycles. The number of ketones is 1. The van der Waals surface area contributed by atoms with E-state index in [4.69, 9.17) is 28.4 Å². The second-order valence-corrected chi connectivity index (χ2v) is 9.62. The van der Waals surface area contributed by atoms with Gasteiger partial charge in [-0.3, -0.25) is 4.79 Å². The van der Waals surface area contributed by atoms with Crippen LogP contribution < -0.4 is 23.7 Å². The molecular formula is C28H28O11. The Hall–Kier alpha value is -3.61. The summed E-state index contributed by atoms with van der Waals surface area (Å²) in [4.78, 5) is 13.4. The second-order valence-electron chi connectivity index (χ2n) is 9.62. The summed E-state index contributed by atoms with van der Waals surface area (Å²) in [6, 6.07) is 8.92. The molecule has 1 saturated heterocycles. The zero-order chi connectivity index (χ0) is 27.4. The number of fused-ring (bicyclic) bond motifs is 3. The molecule has 1 fully saturated rings. The van der Waals surface area contributed by atoms with Gasteiger partial charge in [0.05, 0.1) is 20.8 Å². The number of rotatable bonds is 6. The number of methoxy groups -OCH3 is 2. The number of Topliss-reactive ketones (excluding diaryl/α,β-unsaturated/α-hetero) is 1. The quantitative estimate of drug-likeness (QED) is 0.360. The number of aliphatic hydroxyl groups is 4. The lowest BCUT2D eigenvalue weighted by atomic mass is 9.89. The number of ether oxygens (including phenoxy) is 6. The molecule has 39 heavy (non-hydrogen) atoms. The van der Waals surface area contributed by atoms with E-state index in [1.165, 1.54) is 14.2 Å². The Kier molecular flexibility index (Phi) is 6.48. The molecule has 6 rings (SSSR count). The first-order chi connectivity index (χ1) is 18.9. The normalized spacial score (nSPS) is 25.6. The van der Waals surface area contributed by atoms with Gasteiger partial charge in [0.2, 0.25) is 13.1 Å². The van der Waals surface area contributed by atoms with Crippen molar-refractivity contribution in [3.63, 3.8) is 0 Å². The van der Waals surface area contributed by atoms with Gasteiger partial charge in [-0.1, -0.05) is 6.07 Å². The predicted molar refractivity (Wildman–Crippen MR) is 136 cm³/mol. The molecule has 5 atom stereocenters. The molecule has 0 saturated carbocycles. The summed E-state index contributed by atoms with van der Waals surface area (Å²) in [5, 5.41) is 42.0. The van der Waals surface area contributed by atoms with Crippen LogP contribution in [-0.2, 0) is 11.2 Å². The molecule has 11 heteroatoms. The van der Waals surface area contributed by atoms with E-state index in [2.05, 4.69) is 0 Å². The number of hydrogen-bond acceptors (Lipinski definition) is 11. The smallest absolute Gasteiger partial charge is 0.231 e. The van der Waals surface area contributed by atoms with Gasteiger partial charge >= 0.3 is 0 Å². The van der Waals surface area contributed by atoms with Crippen LogP contribution in [0.2, 0.25) is 0 Å². The Morgan fingerprint density at radius 2 is 1.59 bits per heavy atom. The van der Waals surface area contributed by atoms with Gasteiger partial charge < -0.3 is 48.8 Å². The number of aliphatic hydroxyl groups excluding tert-OH is 4. The van der Waals surface area contributed by atoms with E-state index in [1.807, 2.05) is 12.1 Å². The third-order valence-electron chi connectivity index (χ3n) is 7.49. The van der Waals surface area contributed by atoms with Crippen molar-refractivity contribution in [2.75, 3.05) is 27.6 Å². The van der Waals surface area contributed by atoms with Crippen molar-refractivity contribution < 1.29 is 53.6 Å². The van der Waals surface area contributed by atoms with E-state index >= 15 is 0 Å². The van der Waals surface area contributed by atoms with Crippen LogP contribution in [0.3, 0.4) is 0 Å². The second kappa shape index (κ2) is 9.85. The third-order valence-corrected chi connectivity index (χ3v) is 7.49. The molecular weight excluding hydrogens is 512 g/mol. The number of carbonyl (C=O) groups excluding carboxylic acids is 1. The van der Waals surface area contributed by atoms with Crippen LogP contribution in [0.15, 0.2) is 30.3 Å². The van der Waals surface area contributed by atoms with Crippen LogP contribution in [0.5, 0.6) is 28.7 Å². The maximum Gasteiger partial charge on any atom is 0.231 e. The van der Waals surface area contributed by atoms with Gasteiger partial charge in [-0.2, -0.15) is 0 Å². The number of benzene rings is 3. The maximum absolute atomic E-state index is 13.4. The highest BCUT2D eigenvalue weighted by Gasteiger charge is 2.45. The Morgan fingerprint density at radius 3 is 2.31 bits per heavy atom. The summed E-state index contributed by atoms with van der Waals surface area (Å²) in [6.07, 6.45) is -6.77. The van der Waals surface area contributed by atoms with Gasteiger partial charge in [0.1, 0.15) is 30.2 Å². The first kappa shape index (κ1) is 25.7. The zero-order valence-corrected chi connectivity index (χ0v) is 21.2. The van der Waals surface area contributed by atoms with Crippen LogP contribution in [0.1, 0.15) is 22.3 Å². The maximum atomic E-state index is 13.4. The summed E-state index contributed by atoms with van der Waals surface area (Å²) >= 11 is 0. The first-order valence-electron chi connectivity index (χ1n) is 12.5. The fraction of sp³-hybridized carbons (Fsp3) is 0.393. The summed E-state index contributed by atoms with van der Waals surface area (Å²) in [5.41, 5.74) is 2.43. The fourth-order valence-electron chi connectivity index (χ4n) is 5.51. The van der Waals surface area contributed by atoms with Crippen molar-refractivity contribution >= 4 is 16.6 Å². The van der Waals surface area contributed by atoms with Crippen LogP contribution in [0, 0.1) is 0 Å². The van der Waals surface area contributed by atoms with Crippen molar-refractivity contribution in [3.05, 3.63) is 41.5 Å². The topological polar surface area (TPSA) is 153 Å². The third kappa shape index (κ3) is 4.05. The van der Waals surface area contributed by atoms with Crippen molar-refractivity contribution in [2.24, 2.45) is 0 Å². The van der Waals surface area contributed by atoms with Crippen LogP contribution in [0.4, 0.5) is 0 Å². The monoisotopic (exact) mass is 540 g/mol. The van der Waals surface area contributed by atoms with Crippen molar-refractivity contribution in [1.82, 2.24) is 0 Å². The molecule has 1 aliphatic carbocycles. The molecule has 0 bridgehead atoms. The van der Waals surface area contributed by atoms with Gasteiger partial charge in [-0.25, -0.2) is 0 Å². The van der Waals surface area contributed by atoms with Crippen LogP contribution in [0.25, 0.3) is 21.9 Å². The van der Waals surface area contributed by atoms with E-state index < -0.39 is 37.3 Å². The molecule has 3 aromatic rings. The highest BCUT2D eigenvalue weighted by Crippen LogP contribution is 2.50. The molecule has 2 aliphatic heterocycles. The van der Waals surface area contributed by atoms with Gasteiger partial charge in [-0.05, 0) is 41.6 Å². The Morgan fingerprint density at radius 1 is 0.872 bits per heavy atom. The summed E-state index contributed by atoms with van der Waals surface area (Å²) in [6.45, 7) is -0.496. The number of hydrogen-bond donors (Lipinski definition) is 4. The molecule has 206 valence electrons. The lowest BCUT2D eigenvalue weighted by Crippen LogP contribution is -2.60. The van der Waals surface area contributed by atoms with Crippen molar-refractivity contribution in [1.29, 1.82) is 0 Å². The van der Waals surface area contributed by atoms with Gasteiger partial charge in [0.15, 0.2) is 28.8 Å². The first-order valence-corrected chi connectivity index (χ1v) is 12.5. The molecule has 3 aromatic carbocycles. The lowest BCUT2D eigenvalue weighted by Gasteiger charge is -2.40. The van der Waals surface area contributed by atoms with Gasteiger partial charge in [-0.15, -0.1) is 0 Å². The van der Waals surface area contributed by atoms with E-state index in [9.17, 15) is 25.2 Å². The molecule has 3 aliphatic rings.